The minimum absolute atomic E-state index is 0.261. The van der Waals surface area contributed by atoms with Crippen molar-refractivity contribution in [3.05, 3.63) is 60.7 Å². The summed E-state index contributed by atoms with van der Waals surface area (Å²) in [6.45, 7) is 7.51. The number of hydrogen-bond acceptors (Lipinski definition) is 0. The average molecular weight is 440 g/mol. The summed E-state index contributed by atoms with van der Waals surface area (Å²) >= 11 is 2.80. The molecule has 0 spiro atoms. The fourth-order valence-corrected chi connectivity index (χ4v) is 12.4. The van der Waals surface area contributed by atoms with E-state index in [1.165, 1.54) is 25.4 Å². The van der Waals surface area contributed by atoms with Crippen LogP contribution < -0.4 is 10.6 Å². The van der Waals surface area contributed by atoms with E-state index < -0.39 is 6.60 Å². The van der Waals surface area contributed by atoms with Crippen LogP contribution in [0.15, 0.2) is 60.7 Å². The van der Waals surface area contributed by atoms with Crippen LogP contribution in [0.1, 0.15) is 40.0 Å². The molecular weight excluding hydrogens is 410 g/mol. The molecule has 0 N–H and O–H groups in total. The Kier molecular flexibility index (Phi) is 5.95. The van der Waals surface area contributed by atoms with E-state index in [1.807, 2.05) is 0 Å². The molecule has 0 saturated carbocycles. The molecule has 0 heterocycles. The van der Waals surface area contributed by atoms with Gasteiger partial charge < -0.3 is 0 Å². The van der Waals surface area contributed by atoms with E-state index in [4.69, 9.17) is 0 Å². The van der Waals surface area contributed by atoms with Gasteiger partial charge in [-0.2, -0.15) is 0 Å². The van der Waals surface area contributed by atoms with Gasteiger partial charge >= 0.3 is 156 Å². The zero-order valence-electron chi connectivity index (χ0n) is 14.9. The normalized spacial score (nSPS) is 16.3. The molecule has 0 nitrogen and oxygen atoms in total. The second-order valence-corrected chi connectivity index (χ2v) is 16.5. The van der Waals surface area contributed by atoms with Gasteiger partial charge in [0, 0.05) is 0 Å². The van der Waals surface area contributed by atoms with Gasteiger partial charge in [-0.25, -0.2) is 0 Å². The van der Waals surface area contributed by atoms with Gasteiger partial charge in [-0.15, -0.1) is 0 Å². The Balaban J connectivity index is 2.78. The summed E-state index contributed by atoms with van der Waals surface area (Å²) in [5.41, 5.74) is 0. The first-order valence-corrected chi connectivity index (χ1v) is 12.7. The van der Waals surface area contributed by atoms with E-state index in [-0.39, 0.29) is 3.16 Å². The van der Waals surface area contributed by atoms with Crippen LogP contribution in [0.5, 0.6) is 0 Å². The second-order valence-electron chi connectivity index (χ2n) is 7.03. The van der Waals surface area contributed by atoms with Crippen LogP contribution in [0.2, 0.25) is 0 Å². The summed E-state index contributed by atoms with van der Waals surface area (Å²) in [6, 6.07) is 22.6. The van der Waals surface area contributed by atoms with Crippen molar-refractivity contribution in [2.24, 2.45) is 0 Å². The molecule has 0 unspecified atom stereocenters. The van der Waals surface area contributed by atoms with Crippen LogP contribution in [0, 0.1) is 0 Å². The van der Waals surface area contributed by atoms with Gasteiger partial charge in [0.05, 0.1) is 0 Å². The predicted octanol–water partition coefficient (Wildman–Crippen LogP) is 6.18. The van der Waals surface area contributed by atoms with Crippen LogP contribution in [-0.4, -0.2) is 16.0 Å². The van der Waals surface area contributed by atoms with Gasteiger partial charge in [-0.05, 0) is 0 Å². The molecule has 2 aromatic rings. The number of hydrogen-bond donors (Lipinski definition) is 0. The van der Waals surface area contributed by atoms with E-state index >= 15 is 0 Å². The Labute approximate surface area is 156 Å². The van der Waals surface area contributed by atoms with Crippen LogP contribution >= 0.6 is 29.2 Å². The quantitative estimate of drug-likeness (QED) is 0.274. The van der Waals surface area contributed by atoms with Crippen LogP contribution in [-0.2, 0) is 0 Å². The van der Waals surface area contributed by atoms with Crippen molar-refractivity contribution in [2.75, 3.05) is 12.8 Å². The van der Waals surface area contributed by atoms with Crippen molar-refractivity contribution in [3.63, 3.8) is 0 Å². The maximum absolute atomic E-state index is 2.80. The van der Waals surface area contributed by atoms with Crippen molar-refractivity contribution >= 4 is 39.8 Å². The molecule has 126 valence electrons. The minimum atomic E-state index is -2.31. The van der Waals surface area contributed by atoms with Gasteiger partial charge in [0.2, 0.25) is 0 Å². The number of rotatable bonds is 7. The molecule has 0 amide bonds. The van der Waals surface area contributed by atoms with Crippen molar-refractivity contribution in [1.82, 2.24) is 0 Å². The molecule has 0 bridgehead atoms. The van der Waals surface area contributed by atoms with Crippen LogP contribution in [0.3, 0.4) is 0 Å². The van der Waals surface area contributed by atoms with Crippen molar-refractivity contribution in [3.8, 4) is 0 Å². The number of unbranched alkanes of at least 4 members (excludes halogenated alkanes) is 1. The van der Waals surface area contributed by atoms with E-state index in [0.29, 0.717) is 0 Å². The summed E-state index contributed by atoms with van der Waals surface area (Å²) < 4.78 is 0.261. The van der Waals surface area contributed by atoms with Gasteiger partial charge in [0.25, 0.3) is 0 Å². The topological polar surface area (TPSA) is 0 Å². The van der Waals surface area contributed by atoms with E-state index in [0.717, 1.165) is 0 Å². The molecule has 0 fully saturated rings. The molecule has 2 aromatic carbocycles. The molecule has 0 aliphatic rings. The molecular formula is C21H30IP. The Morgan fingerprint density at radius 2 is 1.30 bits per heavy atom. The molecule has 1 atom stereocenters. The summed E-state index contributed by atoms with van der Waals surface area (Å²) in [4.78, 5) is 0. The summed E-state index contributed by atoms with van der Waals surface area (Å²) in [5.74, 6) is 0. The number of alkyl halides is 1. The second kappa shape index (κ2) is 7.23. The third kappa shape index (κ3) is 3.00. The third-order valence-corrected chi connectivity index (χ3v) is 18.1. The zero-order valence-corrected chi connectivity index (χ0v) is 18.0. The third-order valence-electron chi connectivity index (χ3n) is 5.95. The molecule has 0 saturated heterocycles. The molecule has 0 radical (unpaired) electrons. The zero-order chi connectivity index (χ0) is 17.0. The summed E-state index contributed by atoms with van der Waals surface area (Å²) in [7, 11) is 0. The Morgan fingerprint density at radius 1 is 0.870 bits per heavy atom. The average Bonchev–Trinajstić information content (AvgIpc) is 2.60. The van der Waals surface area contributed by atoms with E-state index in [9.17, 15) is 0 Å². The van der Waals surface area contributed by atoms with Gasteiger partial charge in [0.15, 0.2) is 0 Å². The summed E-state index contributed by atoms with van der Waals surface area (Å²) in [6.07, 6.45) is 5.04. The fourth-order valence-electron chi connectivity index (χ4n) is 3.85. The Morgan fingerprint density at radius 3 is 1.65 bits per heavy atom. The first-order chi connectivity index (χ1) is 10.9. The Hall–Kier alpha value is -0.400. The van der Waals surface area contributed by atoms with Crippen LogP contribution in [0.25, 0.3) is 0 Å². The van der Waals surface area contributed by atoms with Crippen molar-refractivity contribution in [2.45, 2.75) is 43.2 Å². The number of halogens is 1. The molecule has 2 rings (SSSR count). The molecule has 0 aliphatic heterocycles. The molecule has 2 heteroatoms. The first-order valence-electron chi connectivity index (χ1n) is 8.71. The van der Waals surface area contributed by atoms with Crippen molar-refractivity contribution < 1.29 is 0 Å². The van der Waals surface area contributed by atoms with Crippen LogP contribution in [0.4, 0.5) is 0 Å². The van der Waals surface area contributed by atoms with Gasteiger partial charge in [0.1, 0.15) is 0 Å². The molecule has 0 aliphatic carbocycles. The first kappa shape index (κ1) is 18.9. The monoisotopic (exact) mass is 440 g/mol. The van der Waals surface area contributed by atoms with E-state index in [1.54, 1.807) is 10.6 Å². The van der Waals surface area contributed by atoms with Crippen molar-refractivity contribution in [1.29, 1.82) is 0 Å². The van der Waals surface area contributed by atoms with Gasteiger partial charge in [-0.3, -0.25) is 0 Å². The fraction of sp³-hybridized carbons (Fsp3) is 0.429. The number of benzene rings is 2. The maximum atomic E-state index is 2.80. The predicted molar refractivity (Wildman–Crippen MR) is 117 cm³/mol. The standard InChI is InChI=1S/C21H30IP/c1-5-7-18-21(3,22)23(4,6-2,19-14-10-8-11-15-19)20-16-12-9-13-17-20/h8-17H,5-7,18H2,1-4H3/t21-/m0/s1. The van der Waals surface area contributed by atoms with Gasteiger partial charge in [-0.1, -0.05) is 0 Å². The summed E-state index contributed by atoms with van der Waals surface area (Å²) in [5, 5.41) is 3.11. The Bertz CT molecular complexity index is 579. The van der Waals surface area contributed by atoms with E-state index in [2.05, 4.69) is 111 Å². The molecule has 23 heavy (non-hydrogen) atoms. The molecule has 0 aromatic heterocycles. The SMILES string of the molecule is CCCC[C@@](C)(I)P(C)(CC)(c1ccccc1)c1ccccc1.